The van der Waals surface area contributed by atoms with Gasteiger partial charge in [0.2, 0.25) is 0 Å². The average Bonchev–Trinajstić information content (AvgIpc) is 2.96. The SMILES string of the molecule is O=C(OCc1ccccc1)N1C2C=C(c3cccc(C(F)(F)F)c3F)CC1CC2. The minimum Gasteiger partial charge on any atom is -0.445 e. The highest BCUT2D eigenvalue weighted by Crippen LogP contribution is 2.41. The van der Waals surface area contributed by atoms with Gasteiger partial charge in [0.05, 0.1) is 11.6 Å². The Morgan fingerprint density at radius 1 is 1.07 bits per heavy atom. The maximum atomic E-state index is 14.5. The predicted octanol–water partition coefficient (Wildman–Crippen LogP) is 5.80. The van der Waals surface area contributed by atoms with E-state index in [1.807, 2.05) is 30.3 Å². The van der Waals surface area contributed by atoms with Crippen molar-refractivity contribution in [2.24, 2.45) is 0 Å². The molecule has 1 fully saturated rings. The molecule has 2 heterocycles. The summed E-state index contributed by atoms with van der Waals surface area (Å²) in [5.74, 6) is -1.26. The van der Waals surface area contributed by atoms with Gasteiger partial charge in [-0.3, -0.25) is 4.90 Å². The van der Waals surface area contributed by atoms with Crippen LogP contribution in [-0.2, 0) is 17.5 Å². The Bertz CT molecular complexity index is 940. The molecule has 1 saturated heterocycles. The van der Waals surface area contributed by atoms with Gasteiger partial charge in [0.25, 0.3) is 0 Å². The molecule has 3 nitrogen and oxygen atoms in total. The van der Waals surface area contributed by atoms with Gasteiger partial charge < -0.3 is 4.74 Å². The van der Waals surface area contributed by atoms with Crippen LogP contribution in [0.15, 0.2) is 54.6 Å². The molecule has 0 spiro atoms. The third-order valence-electron chi connectivity index (χ3n) is 5.46. The van der Waals surface area contributed by atoms with Crippen LogP contribution >= 0.6 is 0 Å². The van der Waals surface area contributed by atoms with Gasteiger partial charge >= 0.3 is 12.3 Å². The topological polar surface area (TPSA) is 29.5 Å². The Morgan fingerprint density at radius 2 is 1.83 bits per heavy atom. The van der Waals surface area contributed by atoms with Gasteiger partial charge in [-0.1, -0.05) is 48.5 Å². The number of alkyl halides is 3. The number of hydrogen-bond donors (Lipinski definition) is 0. The predicted molar refractivity (Wildman–Crippen MR) is 99.3 cm³/mol. The Morgan fingerprint density at radius 3 is 2.52 bits per heavy atom. The highest BCUT2D eigenvalue weighted by molar-refractivity contribution is 5.75. The van der Waals surface area contributed by atoms with Crippen LogP contribution in [0.4, 0.5) is 22.4 Å². The summed E-state index contributed by atoms with van der Waals surface area (Å²) in [6, 6.07) is 12.1. The van der Waals surface area contributed by atoms with Gasteiger partial charge in [-0.15, -0.1) is 0 Å². The second-order valence-corrected chi connectivity index (χ2v) is 7.31. The Kier molecular flexibility index (Phi) is 5.06. The molecule has 0 aliphatic carbocycles. The summed E-state index contributed by atoms with van der Waals surface area (Å²) in [7, 11) is 0. The molecule has 0 radical (unpaired) electrons. The van der Waals surface area contributed by atoms with E-state index in [1.54, 1.807) is 11.0 Å². The Hall–Kier alpha value is -2.83. The van der Waals surface area contributed by atoms with E-state index in [0.29, 0.717) is 24.8 Å². The third kappa shape index (κ3) is 3.86. The van der Waals surface area contributed by atoms with Crippen LogP contribution in [0.2, 0.25) is 0 Å². The Labute approximate surface area is 165 Å². The quantitative estimate of drug-likeness (QED) is 0.604. The summed E-state index contributed by atoms with van der Waals surface area (Å²) in [4.78, 5) is 14.2. The lowest BCUT2D eigenvalue weighted by Crippen LogP contribution is -2.43. The van der Waals surface area contributed by atoms with E-state index < -0.39 is 23.7 Å². The lowest BCUT2D eigenvalue weighted by molar-refractivity contribution is -0.140. The molecule has 2 atom stereocenters. The smallest absolute Gasteiger partial charge is 0.419 e. The molecule has 0 N–H and O–H groups in total. The number of rotatable bonds is 3. The van der Waals surface area contributed by atoms with Crippen molar-refractivity contribution < 1.29 is 27.1 Å². The average molecular weight is 405 g/mol. The van der Waals surface area contributed by atoms with Crippen LogP contribution in [0, 0.1) is 5.82 Å². The van der Waals surface area contributed by atoms with E-state index >= 15 is 0 Å². The van der Waals surface area contributed by atoms with Crippen molar-refractivity contribution in [1.29, 1.82) is 0 Å². The van der Waals surface area contributed by atoms with Gasteiger partial charge in [0, 0.05) is 11.6 Å². The second-order valence-electron chi connectivity index (χ2n) is 7.31. The zero-order valence-corrected chi connectivity index (χ0v) is 15.5. The highest BCUT2D eigenvalue weighted by atomic mass is 19.4. The van der Waals surface area contributed by atoms with Crippen LogP contribution in [-0.4, -0.2) is 23.1 Å². The summed E-state index contributed by atoms with van der Waals surface area (Å²) < 4.78 is 59.0. The van der Waals surface area contributed by atoms with Gasteiger partial charge in [-0.2, -0.15) is 13.2 Å². The summed E-state index contributed by atoms with van der Waals surface area (Å²) >= 11 is 0. The first-order chi connectivity index (χ1) is 13.8. The first-order valence-electron chi connectivity index (χ1n) is 9.40. The second kappa shape index (κ2) is 7.54. The largest absolute Gasteiger partial charge is 0.445 e. The van der Waals surface area contributed by atoms with E-state index in [2.05, 4.69) is 0 Å². The number of ether oxygens (including phenoxy) is 1. The number of carbonyl (C=O) groups is 1. The summed E-state index contributed by atoms with van der Waals surface area (Å²) in [5.41, 5.74) is 0.0580. The van der Waals surface area contributed by atoms with E-state index in [0.717, 1.165) is 11.6 Å². The monoisotopic (exact) mass is 405 g/mol. The number of amides is 1. The maximum Gasteiger partial charge on any atom is 0.419 e. The minimum absolute atomic E-state index is 0.0472. The van der Waals surface area contributed by atoms with Crippen molar-refractivity contribution in [2.75, 3.05) is 0 Å². The van der Waals surface area contributed by atoms with Crippen molar-refractivity contribution >= 4 is 11.7 Å². The number of benzene rings is 2. The number of fused-ring (bicyclic) bond motifs is 2. The van der Waals surface area contributed by atoms with Gasteiger partial charge in [-0.05, 0) is 36.5 Å². The highest BCUT2D eigenvalue weighted by Gasteiger charge is 2.42. The molecule has 2 bridgehead atoms. The number of nitrogens with zero attached hydrogens (tertiary/aromatic N) is 1. The zero-order valence-electron chi connectivity index (χ0n) is 15.5. The van der Waals surface area contributed by atoms with Crippen molar-refractivity contribution in [1.82, 2.24) is 4.90 Å². The molecule has 2 unspecified atom stereocenters. The molecule has 2 aromatic carbocycles. The fourth-order valence-electron chi connectivity index (χ4n) is 4.11. The van der Waals surface area contributed by atoms with Gasteiger partial charge in [0.1, 0.15) is 12.4 Å². The third-order valence-corrected chi connectivity index (χ3v) is 5.46. The van der Waals surface area contributed by atoms with E-state index in [1.165, 1.54) is 12.1 Å². The summed E-state index contributed by atoms with van der Waals surface area (Å²) in [6.45, 7) is 0.147. The minimum atomic E-state index is -4.75. The van der Waals surface area contributed by atoms with Crippen molar-refractivity contribution in [3.8, 4) is 0 Å². The fraction of sp³-hybridized carbons (Fsp3) is 0.318. The molecule has 29 heavy (non-hydrogen) atoms. The lowest BCUT2D eigenvalue weighted by Gasteiger charge is -2.33. The first kappa shape index (κ1) is 19.5. The number of carbonyl (C=O) groups excluding carboxylic acids is 1. The van der Waals surface area contributed by atoms with E-state index in [-0.39, 0.29) is 24.3 Å². The zero-order chi connectivity index (χ0) is 20.6. The fourth-order valence-corrected chi connectivity index (χ4v) is 4.11. The summed E-state index contributed by atoms with van der Waals surface area (Å²) in [5, 5.41) is 0. The normalized spacial score (nSPS) is 21.1. The van der Waals surface area contributed by atoms with Crippen LogP contribution in [0.3, 0.4) is 0 Å². The molecule has 4 rings (SSSR count). The van der Waals surface area contributed by atoms with Crippen LogP contribution < -0.4 is 0 Å². The van der Waals surface area contributed by atoms with Gasteiger partial charge in [0.15, 0.2) is 0 Å². The lowest BCUT2D eigenvalue weighted by atomic mass is 9.93. The molecular weight excluding hydrogens is 386 g/mol. The van der Waals surface area contributed by atoms with Crippen molar-refractivity contribution in [3.63, 3.8) is 0 Å². The first-order valence-corrected chi connectivity index (χ1v) is 9.40. The molecule has 0 saturated carbocycles. The van der Waals surface area contributed by atoms with Crippen molar-refractivity contribution in [2.45, 2.75) is 44.1 Å². The maximum absolute atomic E-state index is 14.5. The molecule has 2 aliphatic rings. The van der Waals surface area contributed by atoms with E-state index in [4.69, 9.17) is 4.74 Å². The van der Waals surface area contributed by atoms with Crippen LogP contribution in [0.5, 0.6) is 0 Å². The van der Waals surface area contributed by atoms with Crippen LogP contribution in [0.1, 0.15) is 36.0 Å². The molecule has 0 aromatic heterocycles. The number of hydrogen-bond acceptors (Lipinski definition) is 2. The van der Waals surface area contributed by atoms with E-state index in [9.17, 15) is 22.4 Å². The molecular formula is C22H19F4NO2. The molecule has 7 heteroatoms. The number of halogens is 4. The molecule has 1 amide bonds. The van der Waals surface area contributed by atoms with Crippen LogP contribution in [0.25, 0.3) is 5.57 Å². The standard InChI is InChI=1S/C22H19F4NO2/c23-20-18(7-4-8-19(20)22(24,25)26)15-11-16-9-10-17(12-15)27(16)21(28)29-13-14-5-2-1-3-6-14/h1-8,11,16-17H,9-10,12-13H2. The molecule has 2 aliphatic heterocycles. The molecule has 152 valence electrons. The summed E-state index contributed by atoms with van der Waals surface area (Å²) in [6.07, 6.45) is -1.83. The van der Waals surface area contributed by atoms with Gasteiger partial charge in [-0.25, -0.2) is 9.18 Å². The Balaban J connectivity index is 1.53. The van der Waals surface area contributed by atoms with Crippen molar-refractivity contribution in [3.05, 3.63) is 77.1 Å². The molecule has 2 aromatic rings.